The average molecular weight is 150 g/mol. The molecule has 4 nitrogen and oxygen atoms in total. The first-order valence-electron chi connectivity index (χ1n) is 2.48. The van der Waals surface area contributed by atoms with Crippen molar-refractivity contribution < 1.29 is 17.2 Å². The van der Waals surface area contributed by atoms with E-state index in [0.29, 0.717) is 6.32 Å². The summed E-state index contributed by atoms with van der Waals surface area (Å²) in [7, 11) is -2.93. The van der Waals surface area contributed by atoms with E-state index in [1.54, 1.807) is 7.28 Å². The zero-order chi connectivity index (χ0) is 7.33. The molecule has 0 fully saturated rings. The SMILES string of the molecule is CC[B]COS(=O)(=O)[O-]. The van der Waals surface area contributed by atoms with Crippen LogP contribution in [0.1, 0.15) is 6.92 Å². The summed E-state index contributed by atoms with van der Waals surface area (Å²) >= 11 is 0. The molecule has 0 aliphatic heterocycles. The molecule has 9 heavy (non-hydrogen) atoms. The van der Waals surface area contributed by atoms with Crippen LogP contribution in [0.4, 0.5) is 0 Å². The molecule has 0 aliphatic rings. The predicted octanol–water partition coefficient (Wildman–Crippen LogP) is -0.437. The van der Waals surface area contributed by atoms with Gasteiger partial charge >= 0.3 is 0 Å². The summed E-state index contributed by atoms with van der Waals surface area (Å²) in [4.78, 5) is 0. The van der Waals surface area contributed by atoms with Crippen LogP contribution in [0.5, 0.6) is 0 Å². The van der Waals surface area contributed by atoms with E-state index in [0.717, 1.165) is 0 Å². The Hall–Kier alpha value is -0.0651. The summed E-state index contributed by atoms with van der Waals surface area (Å²) < 4.78 is 33.0. The molecule has 0 saturated carbocycles. The quantitative estimate of drug-likeness (QED) is 0.236. The molecule has 0 aromatic rings. The van der Waals surface area contributed by atoms with Crippen molar-refractivity contribution in [3.05, 3.63) is 0 Å². The van der Waals surface area contributed by atoms with Crippen molar-refractivity contribution in [3.8, 4) is 0 Å². The van der Waals surface area contributed by atoms with Crippen LogP contribution < -0.4 is 0 Å². The molecule has 0 aromatic carbocycles. The average Bonchev–Trinajstić information content (AvgIpc) is 1.63. The van der Waals surface area contributed by atoms with Crippen molar-refractivity contribution in [1.29, 1.82) is 0 Å². The van der Waals surface area contributed by atoms with E-state index >= 15 is 0 Å². The third kappa shape index (κ3) is 7.93. The zero-order valence-electron chi connectivity index (χ0n) is 5.03. The Labute approximate surface area is 55.4 Å². The molecule has 0 saturated heterocycles. The van der Waals surface area contributed by atoms with E-state index in [1.165, 1.54) is 0 Å². The first-order chi connectivity index (χ1) is 4.06. The first-order valence-corrected chi connectivity index (χ1v) is 3.81. The molecule has 6 heteroatoms. The molecule has 0 spiro atoms. The van der Waals surface area contributed by atoms with Crippen molar-refractivity contribution in [2.45, 2.75) is 13.2 Å². The molecular weight excluding hydrogens is 143 g/mol. The molecule has 53 valence electrons. The lowest BCUT2D eigenvalue weighted by Gasteiger charge is -2.04. The van der Waals surface area contributed by atoms with Gasteiger partial charge < -0.3 is 4.55 Å². The van der Waals surface area contributed by atoms with Crippen molar-refractivity contribution in [2.24, 2.45) is 0 Å². The van der Waals surface area contributed by atoms with Gasteiger partial charge in [-0.25, -0.2) is 8.42 Å². The van der Waals surface area contributed by atoms with Crippen LogP contribution in [-0.2, 0) is 14.6 Å². The highest BCUT2D eigenvalue weighted by atomic mass is 32.3. The van der Waals surface area contributed by atoms with E-state index in [4.69, 9.17) is 0 Å². The van der Waals surface area contributed by atoms with Gasteiger partial charge in [0.05, 0.1) is 0 Å². The largest absolute Gasteiger partial charge is 0.726 e. The van der Waals surface area contributed by atoms with E-state index in [2.05, 4.69) is 4.18 Å². The van der Waals surface area contributed by atoms with Crippen molar-refractivity contribution in [3.63, 3.8) is 0 Å². The minimum atomic E-state index is -4.48. The molecular formula is C3H7BO4S-. The summed E-state index contributed by atoms with van der Waals surface area (Å²) in [5.74, 6) is 0. The van der Waals surface area contributed by atoms with Crippen LogP contribution >= 0.6 is 0 Å². The molecule has 0 unspecified atom stereocenters. The minimum Gasteiger partial charge on any atom is -0.726 e. The summed E-state index contributed by atoms with van der Waals surface area (Å²) in [5.41, 5.74) is 0. The lowest BCUT2D eigenvalue weighted by atomic mass is 9.77. The zero-order valence-corrected chi connectivity index (χ0v) is 5.85. The first kappa shape index (κ1) is 8.93. The molecule has 0 bridgehead atoms. The van der Waals surface area contributed by atoms with Gasteiger partial charge in [-0.1, -0.05) is 13.2 Å². The standard InChI is InChI=1S/C3H8BO4S/c1-2-4-3-8-9(5,6)7/h2-3H2,1H3,(H,5,6,7)/p-1. The van der Waals surface area contributed by atoms with E-state index in [1.807, 2.05) is 6.92 Å². The fraction of sp³-hybridized carbons (Fsp3) is 1.00. The number of hydrogen-bond acceptors (Lipinski definition) is 4. The van der Waals surface area contributed by atoms with Crippen molar-refractivity contribution >= 4 is 17.7 Å². The topological polar surface area (TPSA) is 66.4 Å². The van der Waals surface area contributed by atoms with Crippen LogP contribution in [0.2, 0.25) is 6.32 Å². The van der Waals surface area contributed by atoms with E-state index in [9.17, 15) is 13.0 Å². The van der Waals surface area contributed by atoms with Gasteiger partial charge in [-0.05, 0) is 0 Å². The van der Waals surface area contributed by atoms with Gasteiger partial charge in [0.15, 0.2) is 0 Å². The Morgan fingerprint density at radius 3 is 2.56 bits per heavy atom. The Balaban J connectivity index is 3.30. The maximum atomic E-state index is 9.71. The maximum absolute atomic E-state index is 9.71. The Bertz CT molecular complexity index is 151. The van der Waals surface area contributed by atoms with E-state index < -0.39 is 10.4 Å². The molecule has 0 heterocycles. The third-order valence-corrected chi connectivity index (χ3v) is 1.04. The van der Waals surface area contributed by atoms with Gasteiger partial charge in [0.2, 0.25) is 10.4 Å². The fourth-order valence-corrected chi connectivity index (χ4v) is 0.512. The predicted molar refractivity (Wildman–Crippen MR) is 31.9 cm³/mol. The highest BCUT2D eigenvalue weighted by molar-refractivity contribution is 7.80. The summed E-state index contributed by atoms with van der Waals surface area (Å²) in [5, 5.41) is 0. The van der Waals surface area contributed by atoms with Gasteiger partial charge in [0.1, 0.15) is 7.28 Å². The monoisotopic (exact) mass is 150 g/mol. The third-order valence-electron chi connectivity index (χ3n) is 0.619. The molecule has 0 aromatic heterocycles. The summed E-state index contributed by atoms with van der Waals surface area (Å²) in [6.07, 6.45) is 0.690. The van der Waals surface area contributed by atoms with Crippen molar-refractivity contribution in [2.75, 3.05) is 6.51 Å². The molecule has 0 atom stereocenters. The van der Waals surface area contributed by atoms with E-state index in [-0.39, 0.29) is 6.51 Å². The highest BCUT2D eigenvalue weighted by Gasteiger charge is 1.92. The second kappa shape index (κ2) is 3.87. The highest BCUT2D eigenvalue weighted by Crippen LogP contribution is 1.84. The molecule has 0 N–H and O–H groups in total. The Morgan fingerprint density at radius 1 is 1.67 bits per heavy atom. The molecule has 1 radical (unpaired) electrons. The van der Waals surface area contributed by atoms with Crippen LogP contribution in [-0.4, -0.2) is 26.8 Å². The second-order valence-corrected chi connectivity index (χ2v) is 2.44. The Morgan fingerprint density at radius 2 is 2.22 bits per heavy atom. The molecule has 0 rings (SSSR count). The molecule has 0 amide bonds. The van der Waals surface area contributed by atoms with Crippen LogP contribution in [0.3, 0.4) is 0 Å². The Kier molecular flexibility index (Phi) is 3.84. The fourth-order valence-electron chi connectivity index (χ4n) is 0.249. The normalized spacial score (nSPS) is 11.3. The smallest absolute Gasteiger partial charge is 0.216 e. The summed E-state index contributed by atoms with van der Waals surface area (Å²) in [6.45, 7) is 1.70. The second-order valence-electron chi connectivity index (χ2n) is 1.39. The van der Waals surface area contributed by atoms with Crippen molar-refractivity contribution in [1.82, 2.24) is 0 Å². The van der Waals surface area contributed by atoms with Gasteiger partial charge in [-0.2, -0.15) is 0 Å². The minimum absolute atomic E-state index is 0.123. The van der Waals surface area contributed by atoms with Gasteiger partial charge in [0, 0.05) is 6.51 Å². The lowest BCUT2D eigenvalue weighted by molar-refractivity contribution is 0.299. The van der Waals surface area contributed by atoms with Gasteiger partial charge in [0.25, 0.3) is 0 Å². The van der Waals surface area contributed by atoms with Gasteiger partial charge in [-0.3, -0.25) is 4.18 Å². The van der Waals surface area contributed by atoms with Crippen LogP contribution in [0.25, 0.3) is 0 Å². The lowest BCUT2D eigenvalue weighted by Crippen LogP contribution is -2.09. The van der Waals surface area contributed by atoms with Gasteiger partial charge in [-0.15, -0.1) is 0 Å². The number of hydrogen-bond donors (Lipinski definition) is 0. The van der Waals surface area contributed by atoms with Crippen LogP contribution in [0.15, 0.2) is 0 Å². The summed E-state index contributed by atoms with van der Waals surface area (Å²) in [6, 6.07) is 0. The molecule has 0 aliphatic carbocycles. The number of rotatable bonds is 4. The van der Waals surface area contributed by atoms with Crippen LogP contribution in [0, 0.1) is 0 Å². The maximum Gasteiger partial charge on any atom is 0.216 e.